The van der Waals surface area contributed by atoms with E-state index in [4.69, 9.17) is 9.47 Å². The Bertz CT molecular complexity index is 446. The van der Waals surface area contributed by atoms with Crippen molar-refractivity contribution < 1.29 is 20.0 Å². The van der Waals surface area contributed by atoms with E-state index in [1.54, 1.807) is 6.08 Å². The molecule has 20 heavy (non-hydrogen) atoms. The Hall–Kier alpha value is -1.81. The van der Waals surface area contributed by atoms with Crippen LogP contribution in [0.3, 0.4) is 0 Å². The average molecular weight is 278 g/mol. The van der Waals surface area contributed by atoms with Crippen molar-refractivity contribution in [3.05, 3.63) is 42.5 Å². The van der Waals surface area contributed by atoms with Crippen LogP contribution >= 0.6 is 0 Å². The molecule has 0 saturated carbocycles. The van der Waals surface area contributed by atoms with Gasteiger partial charge in [-0.1, -0.05) is 24.8 Å². The zero-order valence-electron chi connectivity index (χ0n) is 12.5. The summed E-state index contributed by atoms with van der Waals surface area (Å²) in [6.07, 6.45) is 2.09. The van der Waals surface area contributed by atoms with Gasteiger partial charge >= 0.3 is 5.97 Å². The van der Waals surface area contributed by atoms with Crippen LogP contribution in [-0.2, 0) is 16.0 Å². The highest BCUT2D eigenvalue weighted by Gasteiger charge is 2.19. The number of carbonyl (C=O) groups excluding carboxylic acids is 1. The molecule has 0 aliphatic heterocycles. The number of rotatable bonds is 6. The summed E-state index contributed by atoms with van der Waals surface area (Å²) in [5.41, 5.74) is 4.64. The maximum absolute atomic E-state index is 11.6. The smallest absolute Gasteiger partial charge is 0.365 e. The molecule has 0 aromatic heterocycles. The average Bonchev–Trinajstić information content (AvgIpc) is 2.36. The van der Waals surface area contributed by atoms with E-state index >= 15 is 0 Å². The van der Waals surface area contributed by atoms with Gasteiger partial charge in [-0.25, -0.2) is 4.79 Å². The minimum absolute atomic E-state index is 0.217. The number of hydrogen-bond acceptors (Lipinski definition) is 3. The summed E-state index contributed by atoms with van der Waals surface area (Å²) in [6.45, 7) is 9.74. The Balaban J connectivity index is 2.56. The van der Waals surface area contributed by atoms with Crippen LogP contribution in [0.5, 0.6) is 5.75 Å². The Morgan fingerprint density at radius 3 is 2.45 bits per heavy atom. The van der Waals surface area contributed by atoms with E-state index in [-0.39, 0.29) is 18.2 Å². The summed E-state index contributed by atoms with van der Waals surface area (Å²) >= 11 is 0. The highest BCUT2D eigenvalue weighted by molar-refractivity contribution is 5.74. The van der Waals surface area contributed by atoms with E-state index in [1.807, 2.05) is 45.0 Å². The molecule has 4 nitrogen and oxygen atoms in total. The van der Waals surface area contributed by atoms with Gasteiger partial charge < -0.3 is 15.2 Å². The van der Waals surface area contributed by atoms with Gasteiger partial charge in [-0.2, -0.15) is 0 Å². The zero-order chi connectivity index (χ0) is 15.2. The maximum Gasteiger partial charge on any atom is 0.365 e. The molecule has 4 heteroatoms. The molecule has 1 rings (SSSR count). The lowest BCUT2D eigenvalue weighted by Crippen LogP contribution is -2.66. The number of benzene rings is 1. The van der Waals surface area contributed by atoms with Gasteiger partial charge in [-0.15, -0.1) is 0 Å². The quantitative estimate of drug-likeness (QED) is 0.637. The third kappa shape index (κ3) is 5.89. The molecule has 0 saturated heterocycles. The number of hydrogen-bond donors (Lipinski definition) is 1. The summed E-state index contributed by atoms with van der Waals surface area (Å²) < 4.78 is 10.7. The molecule has 0 spiro atoms. The molecule has 0 bridgehead atoms. The summed E-state index contributed by atoms with van der Waals surface area (Å²) in [7, 11) is 0. The van der Waals surface area contributed by atoms with E-state index in [0.29, 0.717) is 6.42 Å². The highest BCUT2D eigenvalue weighted by atomic mass is 16.5. The second kappa shape index (κ2) is 7.10. The van der Waals surface area contributed by atoms with Crippen molar-refractivity contribution in [3.63, 3.8) is 0 Å². The molecular formula is C16H24NO3+. The molecule has 0 amide bonds. The van der Waals surface area contributed by atoms with Crippen LogP contribution in [0.25, 0.3) is 0 Å². The fourth-order valence-electron chi connectivity index (χ4n) is 1.67. The number of esters is 1. The highest BCUT2D eigenvalue weighted by Crippen LogP contribution is 2.18. The van der Waals surface area contributed by atoms with Crippen LogP contribution in [0.2, 0.25) is 0 Å². The van der Waals surface area contributed by atoms with Crippen molar-refractivity contribution in [2.45, 2.75) is 38.8 Å². The SMILES string of the molecule is C=CCOC(=O)[C@@H]([NH3+])Cc1ccc(OC(C)(C)C)cc1. The number of ether oxygens (including phenoxy) is 2. The maximum atomic E-state index is 11.6. The number of quaternary nitrogens is 1. The second-order valence-electron chi connectivity index (χ2n) is 5.68. The predicted molar refractivity (Wildman–Crippen MR) is 78.4 cm³/mol. The van der Waals surface area contributed by atoms with Crippen molar-refractivity contribution in [2.24, 2.45) is 0 Å². The van der Waals surface area contributed by atoms with Crippen LogP contribution in [-0.4, -0.2) is 24.2 Å². The largest absolute Gasteiger partial charge is 0.488 e. The molecule has 0 fully saturated rings. The first kappa shape index (κ1) is 16.2. The first-order chi connectivity index (χ1) is 9.31. The van der Waals surface area contributed by atoms with Crippen molar-refractivity contribution in [1.29, 1.82) is 0 Å². The second-order valence-corrected chi connectivity index (χ2v) is 5.68. The van der Waals surface area contributed by atoms with Gasteiger partial charge in [0.15, 0.2) is 6.04 Å². The molecule has 3 N–H and O–H groups in total. The van der Waals surface area contributed by atoms with Crippen molar-refractivity contribution in [2.75, 3.05) is 6.61 Å². The third-order valence-electron chi connectivity index (χ3n) is 2.51. The molecule has 1 aromatic carbocycles. The lowest BCUT2D eigenvalue weighted by molar-refractivity contribution is -0.407. The fraction of sp³-hybridized carbons (Fsp3) is 0.438. The van der Waals surface area contributed by atoms with Gasteiger partial charge in [0.05, 0.1) is 0 Å². The van der Waals surface area contributed by atoms with Crippen LogP contribution < -0.4 is 10.5 Å². The Morgan fingerprint density at radius 2 is 1.95 bits per heavy atom. The summed E-state index contributed by atoms with van der Waals surface area (Å²) in [6, 6.07) is 7.29. The Kier molecular flexibility index (Phi) is 5.77. The van der Waals surface area contributed by atoms with Crippen LogP contribution in [0.1, 0.15) is 26.3 Å². The predicted octanol–water partition coefficient (Wildman–Crippen LogP) is 1.75. The number of carbonyl (C=O) groups is 1. The van der Waals surface area contributed by atoms with Gasteiger partial charge in [0.25, 0.3) is 0 Å². The van der Waals surface area contributed by atoms with E-state index in [9.17, 15) is 4.79 Å². The third-order valence-corrected chi connectivity index (χ3v) is 2.51. The zero-order valence-corrected chi connectivity index (χ0v) is 12.5. The molecule has 110 valence electrons. The molecule has 0 aliphatic rings. The summed E-state index contributed by atoms with van der Waals surface area (Å²) in [4.78, 5) is 11.6. The minimum atomic E-state index is -0.413. The van der Waals surface area contributed by atoms with E-state index in [1.165, 1.54) is 0 Å². The van der Waals surface area contributed by atoms with Gasteiger partial charge in [0, 0.05) is 6.42 Å². The van der Waals surface area contributed by atoms with Crippen molar-refractivity contribution in [1.82, 2.24) is 0 Å². The van der Waals surface area contributed by atoms with Crippen LogP contribution in [0.4, 0.5) is 0 Å². The van der Waals surface area contributed by atoms with E-state index in [2.05, 4.69) is 12.3 Å². The fourth-order valence-corrected chi connectivity index (χ4v) is 1.67. The normalized spacial score (nSPS) is 12.6. The molecule has 1 aromatic rings. The van der Waals surface area contributed by atoms with E-state index < -0.39 is 6.04 Å². The van der Waals surface area contributed by atoms with Gasteiger partial charge in [0.2, 0.25) is 0 Å². The lowest BCUT2D eigenvalue weighted by atomic mass is 10.1. The monoisotopic (exact) mass is 278 g/mol. The standard InChI is InChI=1S/C16H23NO3/c1-5-10-19-15(18)14(17)11-12-6-8-13(9-7-12)20-16(2,3)4/h5-9,14H,1,10-11,17H2,2-4H3/p+1/t14-/m0/s1. The van der Waals surface area contributed by atoms with Crippen molar-refractivity contribution in [3.8, 4) is 5.75 Å². The van der Waals surface area contributed by atoms with Gasteiger partial charge in [-0.3, -0.25) is 0 Å². The van der Waals surface area contributed by atoms with E-state index in [0.717, 1.165) is 11.3 Å². The molecule has 0 aliphatic carbocycles. The van der Waals surface area contributed by atoms with Gasteiger partial charge in [0.1, 0.15) is 18.0 Å². The summed E-state index contributed by atoms with van der Waals surface area (Å²) in [5.74, 6) is 0.510. The van der Waals surface area contributed by atoms with Crippen LogP contribution in [0, 0.1) is 0 Å². The molecule has 0 unspecified atom stereocenters. The molecular weight excluding hydrogens is 254 g/mol. The first-order valence-corrected chi connectivity index (χ1v) is 6.70. The summed E-state index contributed by atoms with van der Waals surface area (Å²) in [5, 5.41) is 0. The Labute approximate surface area is 120 Å². The molecule has 1 atom stereocenters. The van der Waals surface area contributed by atoms with Crippen molar-refractivity contribution >= 4 is 5.97 Å². The molecule has 0 heterocycles. The Morgan fingerprint density at radius 1 is 1.35 bits per heavy atom. The lowest BCUT2D eigenvalue weighted by Gasteiger charge is -2.21. The minimum Gasteiger partial charge on any atom is -0.488 e. The van der Waals surface area contributed by atoms with Crippen LogP contribution in [0.15, 0.2) is 36.9 Å². The van der Waals surface area contributed by atoms with Gasteiger partial charge in [-0.05, 0) is 38.5 Å². The molecule has 0 radical (unpaired) electrons. The topological polar surface area (TPSA) is 63.2 Å². The first-order valence-electron chi connectivity index (χ1n) is 6.70.